The Hall–Kier alpha value is -1.05. The number of benzene rings is 2. The van der Waals surface area contributed by atoms with Gasteiger partial charge in [0.25, 0.3) is 0 Å². The molecular weight excluding hydrogens is 393 g/mol. The number of hydrogen-bond acceptors (Lipinski definition) is 2. The maximum atomic E-state index is 4.57. The maximum absolute atomic E-state index is 4.57. The molecule has 0 N–H and O–H groups in total. The summed E-state index contributed by atoms with van der Waals surface area (Å²) in [6.07, 6.45) is 0. The Morgan fingerprint density at radius 3 is 1.30 bits per heavy atom. The van der Waals surface area contributed by atoms with Crippen molar-refractivity contribution in [2.24, 2.45) is 0 Å². The topological polar surface area (TPSA) is 6.48 Å². The first-order valence-electron chi connectivity index (χ1n) is 7.62. The van der Waals surface area contributed by atoms with Crippen LogP contribution < -0.4 is 9.80 Å². The molecule has 0 atom stereocenters. The van der Waals surface area contributed by atoms with E-state index in [1.807, 2.05) is 17.3 Å². The van der Waals surface area contributed by atoms with Crippen LogP contribution in [0.2, 0.25) is 0 Å². The van der Waals surface area contributed by atoms with Crippen LogP contribution >= 0.6 is 9.69 Å². The summed E-state index contributed by atoms with van der Waals surface area (Å²) in [6, 6.07) is 21.2. The average molecular weight is 416 g/mol. The van der Waals surface area contributed by atoms with E-state index in [4.69, 9.17) is 0 Å². The van der Waals surface area contributed by atoms with Gasteiger partial charge in [0.1, 0.15) is 0 Å². The van der Waals surface area contributed by atoms with Crippen molar-refractivity contribution >= 4 is 21.1 Å². The quantitative estimate of drug-likeness (QED) is 0.480. The standard InChI is InChI=1S/C19H23N2.ClH.Ru/c1-18(2)19(3,4)21(17-13-9-6-10-14-17)15-20(18)16-11-7-5-8-12-16;;/h5-15H,1-4H3;1H;/q-1;;+2/p-1. The number of halogens is 1. The molecule has 0 saturated carbocycles. The monoisotopic (exact) mass is 416 g/mol. The Balaban J connectivity index is 0.000000924. The predicted octanol–water partition coefficient (Wildman–Crippen LogP) is 5.38. The molecule has 1 heterocycles. The van der Waals surface area contributed by atoms with Crippen molar-refractivity contribution in [1.29, 1.82) is 0 Å². The molecule has 1 aliphatic rings. The van der Waals surface area contributed by atoms with Gasteiger partial charge >= 0.3 is 27.0 Å². The Labute approximate surface area is 154 Å². The summed E-state index contributed by atoms with van der Waals surface area (Å²) in [5, 5.41) is 0. The summed E-state index contributed by atoms with van der Waals surface area (Å²) in [4.78, 5) is 4.75. The summed E-state index contributed by atoms with van der Waals surface area (Å²) in [6.45, 7) is 11.5. The van der Waals surface area contributed by atoms with E-state index < -0.39 is 0 Å². The van der Waals surface area contributed by atoms with Crippen molar-refractivity contribution in [2.45, 2.75) is 38.8 Å². The summed E-state index contributed by atoms with van der Waals surface area (Å²) < 4.78 is 0. The molecule has 0 radical (unpaired) electrons. The van der Waals surface area contributed by atoms with Gasteiger partial charge in [0.15, 0.2) is 0 Å². The number of nitrogens with zero attached hydrogens (tertiary/aromatic N) is 2. The van der Waals surface area contributed by atoms with E-state index in [0.717, 1.165) is 0 Å². The molecule has 23 heavy (non-hydrogen) atoms. The van der Waals surface area contributed by atoms with Crippen molar-refractivity contribution in [1.82, 2.24) is 0 Å². The van der Waals surface area contributed by atoms with Crippen LogP contribution in [-0.4, -0.2) is 11.1 Å². The van der Waals surface area contributed by atoms with Crippen LogP contribution in [0.5, 0.6) is 0 Å². The number of para-hydroxylation sites is 2. The molecule has 4 heteroatoms. The second kappa shape index (κ2) is 7.24. The molecule has 0 spiro atoms. The van der Waals surface area contributed by atoms with Crippen LogP contribution in [0.4, 0.5) is 11.4 Å². The van der Waals surface area contributed by atoms with Crippen LogP contribution in [0.15, 0.2) is 60.7 Å². The Morgan fingerprint density at radius 2 is 1.00 bits per heavy atom. The van der Waals surface area contributed by atoms with Gasteiger partial charge in [-0.3, -0.25) is 0 Å². The minimum atomic E-state index is -0.00973. The summed E-state index contributed by atoms with van der Waals surface area (Å²) in [5.41, 5.74) is 2.44. The van der Waals surface area contributed by atoms with Gasteiger partial charge in [-0.15, -0.1) is 0 Å². The van der Waals surface area contributed by atoms with E-state index in [0.29, 0.717) is 0 Å². The van der Waals surface area contributed by atoms with E-state index in [2.05, 4.69) is 115 Å². The molecule has 1 fully saturated rings. The van der Waals surface area contributed by atoms with Gasteiger partial charge in [-0.25, -0.2) is 0 Å². The van der Waals surface area contributed by atoms with Crippen LogP contribution in [0.3, 0.4) is 0 Å². The number of hydrogen-bond donors (Lipinski definition) is 0. The van der Waals surface area contributed by atoms with E-state index >= 15 is 0 Å². The molecular formula is C19H23ClN2Ru. The molecule has 0 unspecified atom stereocenters. The van der Waals surface area contributed by atoms with Crippen molar-refractivity contribution in [3.8, 4) is 0 Å². The first-order valence-corrected chi connectivity index (χ1v) is 9.85. The van der Waals surface area contributed by atoms with Crippen LogP contribution in [0.25, 0.3) is 0 Å². The molecule has 3 rings (SSSR count). The Kier molecular flexibility index (Phi) is 5.76. The second-order valence-electron chi connectivity index (χ2n) is 6.64. The van der Waals surface area contributed by atoms with Crippen LogP contribution in [0, 0.1) is 6.67 Å². The van der Waals surface area contributed by atoms with Gasteiger partial charge in [0, 0.05) is 22.5 Å². The molecule has 124 valence electrons. The van der Waals surface area contributed by atoms with Crippen LogP contribution in [0.1, 0.15) is 27.7 Å². The fourth-order valence-electron chi connectivity index (χ4n) is 2.95. The molecule has 0 bridgehead atoms. The molecule has 2 aromatic carbocycles. The molecule has 0 aliphatic carbocycles. The molecule has 1 saturated heterocycles. The zero-order valence-corrected chi connectivity index (χ0v) is 16.5. The third-order valence-corrected chi connectivity index (χ3v) is 5.00. The van der Waals surface area contributed by atoms with E-state index in [-0.39, 0.29) is 11.1 Å². The first-order chi connectivity index (χ1) is 10.9. The zero-order chi connectivity index (χ0) is 17.1. The average Bonchev–Trinajstić information content (AvgIpc) is 2.77. The van der Waals surface area contributed by atoms with Crippen molar-refractivity contribution in [2.75, 3.05) is 9.80 Å². The van der Waals surface area contributed by atoms with E-state index in [9.17, 15) is 0 Å². The molecule has 0 aromatic heterocycles. The molecule has 2 aromatic rings. The van der Waals surface area contributed by atoms with Crippen molar-refractivity contribution < 1.29 is 17.3 Å². The Morgan fingerprint density at radius 1 is 0.696 bits per heavy atom. The van der Waals surface area contributed by atoms with Gasteiger partial charge in [0.2, 0.25) is 0 Å². The van der Waals surface area contributed by atoms with Crippen molar-refractivity contribution in [3.05, 3.63) is 67.3 Å². The van der Waals surface area contributed by atoms with Gasteiger partial charge in [-0.2, -0.15) is 6.67 Å². The Bertz CT molecular complexity index is 558. The van der Waals surface area contributed by atoms with Gasteiger partial charge in [0.05, 0.1) is 0 Å². The normalized spacial score (nSPS) is 18.3. The second-order valence-corrected chi connectivity index (χ2v) is 6.64. The number of rotatable bonds is 2. The summed E-state index contributed by atoms with van der Waals surface area (Å²) in [5.74, 6) is 0. The summed E-state index contributed by atoms with van der Waals surface area (Å²) >= 11 is 1.82. The minimum absolute atomic E-state index is 0.00973. The number of anilines is 2. The van der Waals surface area contributed by atoms with Gasteiger partial charge in [-0.1, -0.05) is 36.4 Å². The van der Waals surface area contributed by atoms with Gasteiger partial charge in [-0.05, 0) is 52.0 Å². The van der Waals surface area contributed by atoms with E-state index in [1.165, 1.54) is 11.4 Å². The third kappa shape index (κ3) is 3.27. The molecule has 0 amide bonds. The predicted molar refractivity (Wildman–Crippen MR) is 96.2 cm³/mol. The summed E-state index contributed by atoms with van der Waals surface area (Å²) in [7, 11) is 4.57. The fourth-order valence-corrected chi connectivity index (χ4v) is 2.95. The van der Waals surface area contributed by atoms with Gasteiger partial charge < -0.3 is 9.80 Å². The molecule has 2 nitrogen and oxygen atoms in total. The SMILES string of the molecule is CC1(C)N(c2ccccc2)[CH-]N(c2ccccc2)C1(C)C.[Cl][Ru+]. The van der Waals surface area contributed by atoms with Crippen molar-refractivity contribution in [3.63, 3.8) is 0 Å². The molecule has 1 aliphatic heterocycles. The van der Waals surface area contributed by atoms with Crippen LogP contribution in [-0.2, 0) is 17.3 Å². The zero-order valence-electron chi connectivity index (χ0n) is 14.0. The fraction of sp³-hybridized carbons (Fsp3) is 0.316. The third-order valence-electron chi connectivity index (χ3n) is 5.00. The van der Waals surface area contributed by atoms with E-state index in [1.54, 1.807) is 0 Å². The first kappa shape index (κ1) is 18.3.